The molecule has 1 aromatic carbocycles. The van der Waals surface area contributed by atoms with E-state index in [1.807, 2.05) is 0 Å². The quantitative estimate of drug-likeness (QED) is 0.655. The Morgan fingerprint density at radius 1 is 1.21 bits per heavy atom. The molecule has 0 heterocycles. The first kappa shape index (κ1) is 13.8. The number of benzene rings is 1. The second-order valence-corrected chi connectivity index (χ2v) is 7.44. The minimum absolute atomic E-state index is 0.260. The third kappa shape index (κ3) is 2.21. The monoisotopic (exact) mass is 342 g/mol. The van der Waals surface area contributed by atoms with Crippen molar-refractivity contribution in [2.45, 2.75) is 57.4 Å². The summed E-state index contributed by atoms with van der Waals surface area (Å²) in [5, 5.41) is 0.317. The number of halogens is 2. The molecule has 1 spiro atoms. The van der Waals surface area contributed by atoms with E-state index in [1.54, 1.807) is 0 Å². The van der Waals surface area contributed by atoms with Crippen molar-refractivity contribution in [3.8, 4) is 5.75 Å². The Hall–Kier alpha value is -0.210. The van der Waals surface area contributed by atoms with E-state index in [2.05, 4.69) is 41.9 Å². The topological polar surface area (TPSA) is 9.23 Å². The molecule has 0 aromatic heterocycles. The molecule has 2 atom stereocenters. The zero-order valence-electron chi connectivity index (χ0n) is 11.5. The van der Waals surface area contributed by atoms with Crippen molar-refractivity contribution in [3.63, 3.8) is 0 Å². The zero-order valence-corrected chi connectivity index (χ0v) is 13.9. The first-order valence-electron chi connectivity index (χ1n) is 7.10. The van der Waals surface area contributed by atoms with Gasteiger partial charge in [-0.2, -0.15) is 0 Å². The molecule has 0 amide bonds. The van der Waals surface area contributed by atoms with E-state index < -0.39 is 0 Å². The average Bonchev–Trinajstić information content (AvgIpc) is 2.88. The van der Waals surface area contributed by atoms with Crippen molar-refractivity contribution in [1.82, 2.24) is 0 Å². The molecular weight excluding hydrogens is 324 g/mol. The first-order valence-corrected chi connectivity index (χ1v) is 8.33. The Morgan fingerprint density at radius 3 is 2.32 bits per heavy atom. The number of alkyl halides is 1. The summed E-state index contributed by atoms with van der Waals surface area (Å²) in [6, 6.07) is 4.25. The van der Waals surface area contributed by atoms with Gasteiger partial charge in [0.2, 0.25) is 0 Å². The summed E-state index contributed by atoms with van der Waals surface area (Å²) >= 11 is 10.1. The van der Waals surface area contributed by atoms with Crippen molar-refractivity contribution >= 4 is 27.5 Å². The second kappa shape index (κ2) is 4.96. The van der Waals surface area contributed by atoms with Gasteiger partial charge in [0.05, 0.1) is 0 Å². The van der Waals surface area contributed by atoms with Crippen LogP contribution in [-0.2, 0) is 0 Å². The summed E-state index contributed by atoms with van der Waals surface area (Å²) in [5.41, 5.74) is 2.73. The minimum Gasteiger partial charge on any atom is -0.490 e. The second-order valence-electron chi connectivity index (χ2n) is 6.12. The van der Waals surface area contributed by atoms with Gasteiger partial charge in [0.25, 0.3) is 0 Å². The van der Waals surface area contributed by atoms with Crippen LogP contribution < -0.4 is 4.74 Å². The average molecular weight is 344 g/mol. The maximum Gasteiger partial charge on any atom is 0.120 e. The lowest BCUT2D eigenvalue weighted by Gasteiger charge is -2.51. The van der Waals surface area contributed by atoms with E-state index in [0.717, 1.165) is 12.2 Å². The summed E-state index contributed by atoms with van der Waals surface area (Å²) in [4.78, 5) is 0. The van der Waals surface area contributed by atoms with Gasteiger partial charge in [0.1, 0.15) is 11.9 Å². The maximum absolute atomic E-state index is 6.47. The predicted octanol–water partition coefficient (Wildman–Crippen LogP) is 5.38. The molecule has 19 heavy (non-hydrogen) atoms. The Bertz CT molecular complexity index is 471. The number of hydrogen-bond donors (Lipinski definition) is 0. The molecule has 2 unspecified atom stereocenters. The van der Waals surface area contributed by atoms with Crippen LogP contribution in [-0.4, -0.2) is 11.5 Å². The third-order valence-corrected chi connectivity index (χ3v) is 6.77. The fraction of sp³-hybridized carbons (Fsp3) is 0.625. The smallest absolute Gasteiger partial charge is 0.120 e. The molecule has 0 saturated heterocycles. The Labute approximate surface area is 128 Å². The Kier molecular flexibility index (Phi) is 3.59. The lowest BCUT2D eigenvalue weighted by atomic mass is 9.64. The Morgan fingerprint density at radius 2 is 1.79 bits per heavy atom. The van der Waals surface area contributed by atoms with Crippen LogP contribution in [0, 0.1) is 19.3 Å². The third-order valence-electron chi connectivity index (χ3n) is 4.91. The van der Waals surface area contributed by atoms with Gasteiger partial charge in [-0.05, 0) is 49.9 Å². The van der Waals surface area contributed by atoms with Gasteiger partial charge in [-0.25, -0.2) is 0 Å². The Balaban J connectivity index is 1.79. The number of aryl methyl sites for hydroxylation is 2. The van der Waals surface area contributed by atoms with Gasteiger partial charge in [0, 0.05) is 21.7 Å². The fourth-order valence-corrected chi connectivity index (χ4v) is 4.42. The summed E-state index contributed by atoms with van der Waals surface area (Å²) < 4.78 is 7.45. The van der Waals surface area contributed by atoms with Crippen LogP contribution in [0.1, 0.15) is 43.2 Å². The van der Waals surface area contributed by atoms with E-state index in [4.69, 9.17) is 16.3 Å². The molecule has 2 aliphatic carbocycles. The maximum atomic E-state index is 6.47. The molecule has 0 N–H and O–H groups in total. The van der Waals surface area contributed by atoms with Crippen LogP contribution in [0.15, 0.2) is 16.6 Å². The molecule has 3 heteroatoms. The lowest BCUT2D eigenvalue weighted by molar-refractivity contribution is -0.0356. The molecule has 2 fully saturated rings. The highest BCUT2D eigenvalue weighted by Gasteiger charge is 2.56. The van der Waals surface area contributed by atoms with Crippen LogP contribution in [0.3, 0.4) is 0 Å². The van der Waals surface area contributed by atoms with Crippen LogP contribution in [0.5, 0.6) is 5.75 Å². The molecule has 0 radical (unpaired) electrons. The fourth-order valence-electron chi connectivity index (χ4n) is 3.67. The lowest BCUT2D eigenvalue weighted by Crippen LogP contribution is -2.55. The largest absolute Gasteiger partial charge is 0.490 e. The number of rotatable bonds is 2. The summed E-state index contributed by atoms with van der Waals surface area (Å²) in [6.07, 6.45) is 6.40. The predicted molar refractivity (Wildman–Crippen MR) is 83.2 cm³/mol. The highest BCUT2D eigenvalue weighted by Crippen LogP contribution is 2.57. The number of ether oxygens (including phenoxy) is 1. The summed E-state index contributed by atoms with van der Waals surface area (Å²) in [7, 11) is 0. The zero-order chi connectivity index (χ0) is 13.6. The molecular formula is C16H20BrClO. The van der Waals surface area contributed by atoms with Crippen molar-refractivity contribution in [3.05, 3.63) is 27.7 Å². The molecule has 2 aliphatic rings. The van der Waals surface area contributed by atoms with Crippen LogP contribution >= 0.6 is 27.5 Å². The van der Waals surface area contributed by atoms with E-state index >= 15 is 0 Å². The molecule has 3 rings (SSSR count). The molecule has 1 nitrogen and oxygen atoms in total. The highest BCUT2D eigenvalue weighted by molar-refractivity contribution is 9.10. The van der Waals surface area contributed by atoms with Crippen LogP contribution in [0.4, 0.5) is 0 Å². The van der Waals surface area contributed by atoms with Crippen LogP contribution in [0.25, 0.3) is 0 Å². The van der Waals surface area contributed by atoms with Gasteiger partial charge in [-0.15, -0.1) is 11.6 Å². The van der Waals surface area contributed by atoms with Gasteiger partial charge in [-0.1, -0.05) is 28.8 Å². The minimum atomic E-state index is 0.260. The molecule has 0 aliphatic heterocycles. The van der Waals surface area contributed by atoms with Crippen molar-refractivity contribution in [2.24, 2.45) is 5.41 Å². The normalized spacial score (nSPS) is 28.4. The van der Waals surface area contributed by atoms with E-state index in [-0.39, 0.29) is 5.41 Å². The molecule has 2 saturated carbocycles. The number of hydrogen-bond acceptors (Lipinski definition) is 1. The standard InChI is InChI=1S/C16H20BrClO/c1-10-7-12(8-11(2)15(10)17)19-14-9-13(18)16(14)5-3-4-6-16/h7-8,13-14H,3-6,9H2,1-2H3. The van der Waals surface area contributed by atoms with Crippen LogP contribution in [0.2, 0.25) is 0 Å². The first-order chi connectivity index (χ1) is 9.03. The van der Waals surface area contributed by atoms with Gasteiger partial charge >= 0.3 is 0 Å². The van der Waals surface area contributed by atoms with E-state index in [1.165, 1.54) is 41.3 Å². The van der Waals surface area contributed by atoms with E-state index in [9.17, 15) is 0 Å². The van der Waals surface area contributed by atoms with Crippen molar-refractivity contribution in [2.75, 3.05) is 0 Å². The van der Waals surface area contributed by atoms with Gasteiger partial charge < -0.3 is 4.74 Å². The van der Waals surface area contributed by atoms with Gasteiger partial charge in [0.15, 0.2) is 0 Å². The van der Waals surface area contributed by atoms with Crippen molar-refractivity contribution < 1.29 is 4.74 Å². The summed E-state index contributed by atoms with van der Waals surface area (Å²) in [5.74, 6) is 0.998. The summed E-state index contributed by atoms with van der Waals surface area (Å²) in [6.45, 7) is 4.22. The molecule has 104 valence electrons. The van der Waals surface area contributed by atoms with Crippen molar-refractivity contribution in [1.29, 1.82) is 0 Å². The van der Waals surface area contributed by atoms with E-state index in [0.29, 0.717) is 11.5 Å². The van der Waals surface area contributed by atoms with Gasteiger partial charge in [-0.3, -0.25) is 0 Å². The highest BCUT2D eigenvalue weighted by atomic mass is 79.9. The molecule has 1 aromatic rings. The SMILES string of the molecule is Cc1cc(OC2CC(Cl)C23CCCC3)cc(C)c1Br. The molecule has 0 bridgehead atoms.